The minimum absolute atomic E-state index is 0.00235. The Hall–Kier alpha value is -2.73. The van der Waals surface area contributed by atoms with Crippen LogP contribution in [0.4, 0.5) is 0 Å². The predicted octanol–water partition coefficient (Wildman–Crippen LogP) is 3.64. The number of benzene rings is 1. The van der Waals surface area contributed by atoms with Crippen LogP contribution in [0.5, 0.6) is 5.75 Å². The first-order valence-electron chi connectivity index (χ1n) is 8.53. The van der Waals surface area contributed by atoms with E-state index in [4.69, 9.17) is 4.74 Å². The molecule has 0 spiro atoms. The van der Waals surface area contributed by atoms with Crippen LogP contribution >= 0.6 is 11.3 Å². The van der Waals surface area contributed by atoms with E-state index < -0.39 is 0 Å². The zero-order chi connectivity index (χ0) is 18.2. The number of rotatable bonds is 8. The summed E-state index contributed by atoms with van der Waals surface area (Å²) in [7, 11) is 0. The highest BCUT2D eigenvalue weighted by atomic mass is 32.1. The Morgan fingerprint density at radius 3 is 2.69 bits per heavy atom. The third-order valence-electron chi connectivity index (χ3n) is 3.84. The number of aryl methyl sites for hydroxylation is 1. The first-order valence-corrected chi connectivity index (χ1v) is 9.35. The number of carbonyl (C=O) groups is 1. The minimum atomic E-state index is -0.00235. The number of nitrogens with one attached hydrogen (secondary N) is 1. The third-order valence-corrected chi connectivity index (χ3v) is 5.10. The number of ether oxygens (including phenoxy) is 1. The number of amides is 1. The molecule has 0 aliphatic rings. The fourth-order valence-corrected chi connectivity index (χ4v) is 3.53. The lowest BCUT2D eigenvalue weighted by Crippen LogP contribution is -2.27. The Labute approximate surface area is 157 Å². The molecule has 0 saturated heterocycles. The maximum Gasteiger partial charge on any atom is 0.223 e. The summed E-state index contributed by atoms with van der Waals surface area (Å²) in [4.78, 5) is 21.8. The van der Waals surface area contributed by atoms with Gasteiger partial charge in [0, 0.05) is 35.8 Å². The molecule has 3 rings (SSSR count). The van der Waals surface area contributed by atoms with E-state index in [9.17, 15) is 4.79 Å². The van der Waals surface area contributed by atoms with Crippen LogP contribution < -0.4 is 10.1 Å². The smallest absolute Gasteiger partial charge is 0.223 e. The van der Waals surface area contributed by atoms with E-state index >= 15 is 0 Å². The Morgan fingerprint density at radius 2 is 1.92 bits per heavy atom. The highest BCUT2D eigenvalue weighted by Gasteiger charge is 2.10. The van der Waals surface area contributed by atoms with Gasteiger partial charge in [0.15, 0.2) is 0 Å². The first kappa shape index (κ1) is 18.1. The van der Waals surface area contributed by atoms with Crippen molar-refractivity contribution < 1.29 is 9.53 Å². The third kappa shape index (κ3) is 5.13. The number of pyridine rings is 1. The van der Waals surface area contributed by atoms with Crippen molar-refractivity contribution in [2.24, 2.45) is 0 Å². The highest BCUT2D eigenvalue weighted by Crippen LogP contribution is 2.27. The summed E-state index contributed by atoms with van der Waals surface area (Å²) < 4.78 is 5.54. The van der Waals surface area contributed by atoms with Crippen molar-refractivity contribution in [2.45, 2.75) is 19.8 Å². The molecule has 3 aromatic rings. The summed E-state index contributed by atoms with van der Waals surface area (Å²) in [5.41, 5.74) is 2.09. The van der Waals surface area contributed by atoms with Crippen LogP contribution in [0.1, 0.15) is 17.0 Å². The zero-order valence-corrected chi connectivity index (χ0v) is 15.5. The Morgan fingerprint density at radius 1 is 1.15 bits per heavy atom. The van der Waals surface area contributed by atoms with Gasteiger partial charge in [-0.15, -0.1) is 11.3 Å². The van der Waals surface area contributed by atoms with Crippen LogP contribution in [-0.4, -0.2) is 29.0 Å². The summed E-state index contributed by atoms with van der Waals surface area (Å²) >= 11 is 1.66. The van der Waals surface area contributed by atoms with Crippen molar-refractivity contribution in [3.8, 4) is 16.3 Å². The van der Waals surface area contributed by atoms with Gasteiger partial charge in [0.2, 0.25) is 5.91 Å². The lowest BCUT2D eigenvalue weighted by molar-refractivity contribution is -0.121. The molecule has 0 bridgehead atoms. The number of para-hydroxylation sites is 1. The summed E-state index contributed by atoms with van der Waals surface area (Å²) in [5, 5.41) is 3.93. The molecule has 2 heterocycles. The fraction of sp³-hybridized carbons (Fsp3) is 0.250. The molecule has 1 N–H and O–H groups in total. The summed E-state index contributed by atoms with van der Waals surface area (Å²) in [6, 6.07) is 13.4. The van der Waals surface area contributed by atoms with Gasteiger partial charge in [0.25, 0.3) is 0 Å². The molecule has 1 aromatic carbocycles. The van der Waals surface area contributed by atoms with Crippen LogP contribution in [0.2, 0.25) is 0 Å². The SMILES string of the molecule is Cc1nc(-c2ccncc2)sc1CCNC(=O)CCOc1ccccc1. The lowest BCUT2D eigenvalue weighted by Gasteiger charge is -2.07. The molecule has 26 heavy (non-hydrogen) atoms. The van der Waals surface area contributed by atoms with Crippen molar-refractivity contribution in [2.75, 3.05) is 13.2 Å². The van der Waals surface area contributed by atoms with E-state index in [-0.39, 0.29) is 5.91 Å². The number of hydrogen-bond donors (Lipinski definition) is 1. The topological polar surface area (TPSA) is 64.1 Å². The molecule has 2 aromatic heterocycles. The van der Waals surface area contributed by atoms with E-state index in [1.807, 2.05) is 49.4 Å². The number of thiazole rings is 1. The average molecular weight is 367 g/mol. The average Bonchev–Trinajstić information content (AvgIpc) is 3.04. The predicted molar refractivity (Wildman–Crippen MR) is 103 cm³/mol. The molecule has 5 nitrogen and oxygen atoms in total. The van der Waals surface area contributed by atoms with E-state index in [0.29, 0.717) is 19.6 Å². The molecular formula is C20H21N3O2S. The van der Waals surface area contributed by atoms with Gasteiger partial charge >= 0.3 is 0 Å². The molecule has 0 atom stereocenters. The Balaban J connectivity index is 1.42. The molecule has 0 fully saturated rings. The Bertz CT molecular complexity index is 835. The molecule has 1 amide bonds. The standard InChI is InChI=1S/C20H21N3O2S/c1-15-18(26-20(23-15)16-7-11-21-12-8-16)9-13-22-19(24)10-14-25-17-5-3-2-4-6-17/h2-8,11-12H,9-10,13-14H2,1H3,(H,22,24). The number of nitrogens with zero attached hydrogens (tertiary/aromatic N) is 2. The van der Waals surface area contributed by atoms with Gasteiger partial charge in [-0.2, -0.15) is 0 Å². The van der Waals surface area contributed by atoms with Crippen LogP contribution in [0, 0.1) is 6.92 Å². The monoisotopic (exact) mass is 367 g/mol. The second kappa shape index (κ2) is 9.10. The molecule has 0 unspecified atom stereocenters. The normalized spacial score (nSPS) is 10.5. The van der Waals surface area contributed by atoms with Crippen LogP contribution in [-0.2, 0) is 11.2 Å². The number of hydrogen-bond acceptors (Lipinski definition) is 5. The minimum Gasteiger partial charge on any atom is -0.493 e. The molecule has 0 saturated carbocycles. The zero-order valence-electron chi connectivity index (χ0n) is 14.6. The van der Waals surface area contributed by atoms with Crippen molar-refractivity contribution in [1.29, 1.82) is 0 Å². The fourth-order valence-electron chi connectivity index (χ4n) is 2.46. The van der Waals surface area contributed by atoms with E-state index in [1.54, 1.807) is 23.7 Å². The summed E-state index contributed by atoms with van der Waals surface area (Å²) in [6.07, 6.45) is 4.66. The van der Waals surface area contributed by atoms with Crippen molar-refractivity contribution in [1.82, 2.24) is 15.3 Å². The van der Waals surface area contributed by atoms with Gasteiger partial charge in [-0.1, -0.05) is 18.2 Å². The number of carbonyl (C=O) groups excluding carboxylic acids is 1. The van der Waals surface area contributed by atoms with Gasteiger partial charge in [-0.25, -0.2) is 4.98 Å². The second-order valence-electron chi connectivity index (χ2n) is 5.77. The molecule has 134 valence electrons. The number of aromatic nitrogens is 2. The maximum atomic E-state index is 11.9. The quantitative estimate of drug-likeness (QED) is 0.660. The largest absolute Gasteiger partial charge is 0.493 e. The Kier molecular flexibility index (Phi) is 6.33. The van der Waals surface area contributed by atoms with Crippen LogP contribution in [0.25, 0.3) is 10.6 Å². The molecule has 0 aliphatic heterocycles. The molecule has 0 aliphatic carbocycles. The maximum absolute atomic E-state index is 11.9. The molecule has 6 heteroatoms. The second-order valence-corrected chi connectivity index (χ2v) is 6.86. The van der Waals surface area contributed by atoms with Crippen LogP contribution in [0.3, 0.4) is 0 Å². The van der Waals surface area contributed by atoms with Crippen LogP contribution in [0.15, 0.2) is 54.9 Å². The van der Waals surface area contributed by atoms with Gasteiger partial charge in [-0.3, -0.25) is 9.78 Å². The summed E-state index contributed by atoms with van der Waals surface area (Å²) in [6.45, 7) is 2.98. The van der Waals surface area contributed by atoms with Crippen molar-refractivity contribution in [3.63, 3.8) is 0 Å². The van der Waals surface area contributed by atoms with Gasteiger partial charge in [-0.05, 0) is 31.2 Å². The van der Waals surface area contributed by atoms with E-state index in [2.05, 4.69) is 15.3 Å². The van der Waals surface area contributed by atoms with Gasteiger partial charge < -0.3 is 10.1 Å². The van der Waals surface area contributed by atoms with Gasteiger partial charge in [0.1, 0.15) is 10.8 Å². The lowest BCUT2D eigenvalue weighted by atomic mass is 10.3. The summed E-state index contributed by atoms with van der Waals surface area (Å²) in [5.74, 6) is 0.779. The van der Waals surface area contributed by atoms with Gasteiger partial charge in [0.05, 0.1) is 18.7 Å². The molecule has 0 radical (unpaired) electrons. The van der Waals surface area contributed by atoms with Crippen molar-refractivity contribution >= 4 is 17.2 Å². The first-order chi connectivity index (χ1) is 12.7. The molecular weight excluding hydrogens is 346 g/mol. The van der Waals surface area contributed by atoms with Crippen molar-refractivity contribution in [3.05, 3.63) is 65.4 Å². The highest BCUT2D eigenvalue weighted by molar-refractivity contribution is 7.15. The van der Waals surface area contributed by atoms with E-state index in [1.165, 1.54) is 4.88 Å². The van der Waals surface area contributed by atoms with E-state index in [0.717, 1.165) is 28.4 Å².